The van der Waals surface area contributed by atoms with Gasteiger partial charge in [-0.25, -0.2) is 0 Å². The lowest BCUT2D eigenvalue weighted by Gasteiger charge is -2.30. The summed E-state index contributed by atoms with van der Waals surface area (Å²) in [6.07, 6.45) is 13.9. The van der Waals surface area contributed by atoms with Gasteiger partial charge in [-0.2, -0.15) is 0 Å². The van der Waals surface area contributed by atoms with Crippen molar-refractivity contribution in [3.8, 4) is 0 Å². The molecule has 0 spiro atoms. The smallest absolute Gasteiger partial charge is 0.000942 e. The van der Waals surface area contributed by atoms with E-state index in [0.29, 0.717) is 7.92 Å². The average molecular weight is 241 g/mol. The largest absolute Gasteiger partial charge is 0.317 e. The second-order valence-electron chi connectivity index (χ2n) is 5.47. The third kappa shape index (κ3) is 3.44. The lowest BCUT2D eigenvalue weighted by molar-refractivity contribution is 0.751. The van der Waals surface area contributed by atoms with Gasteiger partial charge in [0, 0.05) is 0 Å². The number of hydrogen-bond donors (Lipinski definition) is 1. The Morgan fingerprint density at radius 2 is 1.44 bits per heavy atom. The summed E-state index contributed by atoms with van der Waals surface area (Å²) < 4.78 is 0. The maximum absolute atomic E-state index is 3.54. The summed E-state index contributed by atoms with van der Waals surface area (Å²) in [6, 6.07) is 0. The molecule has 0 aromatic carbocycles. The molecule has 2 aliphatic rings. The van der Waals surface area contributed by atoms with E-state index in [-0.39, 0.29) is 0 Å². The van der Waals surface area contributed by atoms with Crippen molar-refractivity contribution in [2.24, 2.45) is 0 Å². The maximum Gasteiger partial charge on any atom is -0.000942 e. The molecule has 0 radical (unpaired) electrons. The Morgan fingerprint density at radius 1 is 0.938 bits per heavy atom. The van der Waals surface area contributed by atoms with Crippen molar-refractivity contribution in [3.63, 3.8) is 0 Å². The highest BCUT2D eigenvalue weighted by molar-refractivity contribution is 7.59. The van der Waals surface area contributed by atoms with Crippen molar-refractivity contribution in [1.82, 2.24) is 5.32 Å². The molecule has 2 fully saturated rings. The fourth-order valence-corrected chi connectivity index (χ4v) is 7.32. The van der Waals surface area contributed by atoms with Crippen LogP contribution < -0.4 is 5.32 Å². The van der Waals surface area contributed by atoms with E-state index in [1.807, 2.05) is 0 Å². The lowest BCUT2D eigenvalue weighted by Crippen LogP contribution is -2.21. The minimum atomic E-state index is 0.363. The Balaban J connectivity index is 1.83. The quantitative estimate of drug-likeness (QED) is 0.548. The normalized spacial score (nSPS) is 23.6. The molecule has 1 N–H and O–H groups in total. The van der Waals surface area contributed by atoms with Crippen LogP contribution in [0.4, 0.5) is 0 Å². The van der Waals surface area contributed by atoms with Gasteiger partial charge >= 0.3 is 0 Å². The molecule has 94 valence electrons. The average Bonchev–Trinajstić information content (AvgIpc) is 2.97. The molecule has 0 unspecified atom stereocenters. The minimum absolute atomic E-state index is 0.363. The zero-order valence-corrected chi connectivity index (χ0v) is 11.8. The second kappa shape index (κ2) is 6.97. The molecule has 0 amide bonds. The van der Waals surface area contributed by atoms with Gasteiger partial charge in [0.1, 0.15) is 0 Å². The predicted octanol–water partition coefficient (Wildman–Crippen LogP) is 3.96. The van der Waals surface area contributed by atoms with E-state index >= 15 is 0 Å². The van der Waals surface area contributed by atoms with E-state index in [1.165, 1.54) is 38.4 Å². The maximum atomic E-state index is 3.54. The molecule has 0 heterocycles. The summed E-state index contributed by atoms with van der Waals surface area (Å²) in [6.45, 7) is 4.67. The van der Waals surface area contributed by atoms with E-state index in [4.69, 9.17) is 0 Å². The van der Waals surface area contributed by atoms with Crippen LogP contribution in [0.1, 0.15) is 58.3 Å². The highest BCUT2D eigenvalue weighted by Gasteiger charge is 2.31. The van der Waals surface area contributed by atoms with E-state index in [2.05, 4.69) is 12.2 Å². The van der Waals surface area contributed by atoms with Crippen molar-refractivity contribution in [2.75, 3.05) is 19.3 Å². The summed E-state index contributed by atoms with van der Waals surface area (Å²) >= 11 is 0. The summed E-state index contributed by atoms with van der Waals surface area (Å²) in [5.74, 6) is 0. The first-order valence-corrected chi connectivity index (χ1v) is 9.05. The van der Waals surface area contributed by atoms with Gasteiger partial charge in [-0.05, 0) is 56.3 Å². The number of hydrogen-bond acceptors (Lipinski definition) is 1. The molecule has 0 atom stereocenters. The summed E-state index contributed by atoms with van der Waals surface area (Å²) in [5.41, 5.74) is 2.30. The van der Waals surface area contributed by atoms with Gasteiger partial charge in [-0.3, -0.25) is 0 Å². The molecular formula is C14H28NP. The van der Waals surface area contributed by atoms with E-state index in [0.717, 1.165) is 17.9 Å². The van der Waals surface area contributed by atoms with Gasteiger partial charge in [0.05, 0.1) is 0 Å². The Labute approximate surface area is 103 Å². The molecule has 0 bridgehead atoms. The van der Waals surface area contributed by atoms with Crippen LogP contribution in [0.2, 0.25) is 0 Å². The third-order valence-electron chi connectivity index (χ3n) is 4.38. The SMILES string of the molecule is CCNCCP(C1CCCC1)C1CCCC1. The molecule has 2 aliphatic carbocycles. The number of rotatable bonds is 6. The molecule has 2 saturated carbocycles. The van der Waals surface area contributed by atoms with Crippen LogP contribution in [0.5, 0.6) is 0 Å². The van der Waals surface area contributed by atoms with E-state index in [9.17, 15) is 0 Å². The molecule has 0 saturated heterocycles. The van der Waals surface area contributed by atoms with Gasteiger partial charge in [0.2, 0.25) is 0 Å². The van der Waals surface area contributed by atoms with Crippen LogP contribution in [0.3, 0.4) is 0 Å². The van der Waals surface area contributed by atoms with Crippen molar-refractivity contribution >= 4 is 7.92 Å². The standard InChI is InChI=1S/C14H28NP/c1-2-15-11-12-16(13-7-3-4-8-13)14-9-5-6-10-14/h13-15H,2-12H2,1H3. The van der Waals surface area contributed by atoms with Gasteiger partial charge in [-0.15, -0.1) is 0 Å². The highest BCUT2D eigenvalue weighted by atomic mass is 31.1. The fraction of sp³-hybridized carbons (Fsp3) is 1.00. The molecule has 0 aliphatic heterocycles. The van der Waals surface area contributed by atoms with Crippen LogP contribution in [0, 0.1) is 0 Å². The molecule has 1 nitrogen and oxygen atoms in total. The van der Waals surface area contributed by atoms with Crippen LogP contribution in [0.25, 0.3) is 0 Å². The summed E-state index contributed by atoms with van der Waals surface area (Å²) in [4.78, 5) is 0. The van der Waals surface area contributed by atoms with Crippen molar-refractivity contribution in [1.29, 1.82) is 0 Å². The Bertz CT molecular complexity index is 167. The molecule has 16 heavy (non-hydrogen) atoms. The molecule has 2 heteroatoms. The van der Waals surface area contributed by atoms with Crippen LogP contribution in [0.15, 0.2) is 0 Å². The molecular weight excluding hydrogens is 213 g/mol. The summed E-state index contributed by atoms with van der Waals surface area (Å²) in [5, 5.41) is 3.54. The first-order chi connectivity index (χ1) is 7.92. The molecule has 0 aromatic heterocycles. The predicted molar refractivity (Wildman–Crippen MR) is 74.8 cm³/mol. The van der Waals surface area contributed by atoms with E-state index < -0.39 is 0 Å². The lowest BCUT2D eigenvalue weighted by atomic mass is 10.4. The topological polar surface area (TPSA) is 12.0 Å². The Kier molecular flexibility index (Phi) is 5.59. The Hall–Kier alpha value is 0.390. The first kappa shape index (κ1) is 12.8. The monoisotopic (exact) mass is 241 g/mol. The second-order valence-corrected chi connectivity index (χ2v) is 8.40. The van der Waals surface area contributed by atoms with E-state index in [1.54, 1.807) is 25.7 Å². The van der Waals surface area contributed by atoms with Crippen molar-refractivity contribution in [2.45, 2.75) is 69.6 Å². The van der Waals surface area contributed by atoms with Crippen LogP contribution in [-0.4, -0.2) is 30.6 Å². The first-order valence-electron chi connectivity index (χ1n) is 7.38. The van der Waals surface area contributed by atoms with Gasteiger partial charge < -0.3 is 5.32 Å². The third-order valence-corrected chi connectivity index (χ3v) is 8.03. The van der Waals surface area contributed by atoms with Gasteiger partial charge in [0.15, 0.2) is 0 Å². The molecule has 0 aromatic rings. The Morgan fingerprint density at radius 3 is 1.88 bits per heavy atom. The van der Waals surface area contributed by atoms with Crippen LogP contribution >= 0.6 is 7.92 Å². The number of nitrogens with one attached hydrogen (secondary N) is 1. The van der Waals surface area contributed by atoms with Crippen molar-refractivity contribution < 1.29 is 0 Å². The zero-order valence-electron chi connectivity index (χ0n) is 10.9. The van der Waals surface area contributed by atoms with Gasteiger partial charge in [0.25, 0.3) is 0 Å². The minimum Gasteiger partial charge on any atom is -0.317 e. The molecule has 2 rings (SSSR count). The highest BCUT2D eigenvalue weighted by Crippen LogP contribution is 2.56. The fourth-order valence-electron chi connectivity index (χ4n) is 3.52. The van der Waals surface area contributed by atoms with Crippen LogP contribution in [-0.2, 0) is 0 Å². The van der Waals surface area contributed by atoms with Crippen molar-refractivity contribution in [3.05, 3.63) is 0 Å². The zero-order chi connectivity index (χ0) is 11.2. The van der Waals surface area contributed by atoms with Gasteiger partial charge in [-0.1, -0.05) is 40.5 Å². The summed E-state index contributed by atoms with van der Waals surface area (Å²) in [7, 11) is 0.363.